The number of hydrogen-bond donors (Lipinski definition) is 2. The number of hydrogen-bond acceptors (Lipinski definition) is 4. The number of benzene rings is 1. The first-order valence-electron chi connectivity index (χ1n) is 6.05. The highest BCUT2D eigenvalue weighted by atomic mass is 16.3. The fourth-order valence-corrected chi connectivity index (χ4v) is 2.15. The predicted octanol–water partition coefficient (Wildman–Crippen LogP) is 0.762. The molecule has 5 nitrogen and oxygen atoms in total. The molecule has 1 aromatic carbocycles. The average molecular weight is 250 g/mol. The number of rotatable bonds is 2. The van der Waals surface area contributed by atoms with Gasteiger partial charge in [-0.15, -0.1) is 0 Å². The van der Waals surface area contributed by atoms with Gasteiger partial charge in [0.1, 0.15) is 0 Å². The van der Waals surface area contributed by atoms with E-state index in [-0.39, 0.29) is 17.4 Å². The van der Waals surface area contributed by atoms with Gasteiger partial charge in [0.15, 0.2) is 11.5 Å². The molecule has 0 aromatic heterocycles. The van der Waals surface area contributed by atoms with Gasteiger partial charge in [0.2, 0.25) is 5.91 Å². The van der Waals surface area contributed by atoms with E-state index in [2.05, 4.69) is 4.90 Å². The van der Waals surface area contributed by atoms with Gasteiger partial charge >= 0.3 is 0 Å². The van der Waals surface area contributed by atoms with E-state index in [0.717, 1.165) is 38.3 Å². The number of phenolic OH excluding ortho intramolecular Hbond substituents is 2. The molecule has 1 saturated heterocycles. The standard InChI is InChI=1S/C13H18N2O3/c1-10(16)15-6-4-14(5-7-15)9-11-2-3-12(17)13(18)8-11/h2-3,8,17-18H,4-7,9H2,1H3. The summed E-state index contributed by atoms with van der Waals surface area (Å²) in [4.78, 5) is 15.3. The van der Waals surface area contributed by atoms with E-state index in [1.54, 1.807) is 19.1 Å². The average Bonchev–Trinajstić information content (AvgIpc) is 2.34. The summed E-state index contributed by atoms with van der Waals surface area (Å²) >= 11 is 0. The summed E-state index contributed by atoms with van der Waals surface area (Å²) in [5, 5.41) is 18.7. The van der Waals surface area contributed by atoms with Crippen molar-refractivity contribution in [3.8, 4) is 11.5 Å². The van der Waals surface area contributed by atoms with Gasteiger partial charge in [0, 0.05) is 39.6 Å². The van der Waals surface area contributed by atoms with Gasteiger partial charge in [-0.05, 0) is 17.7 Å². The molecule has 2 rings (SSSR count). The minimum atomic E-state index is -0.0971. The van der Waals surface area contributed by atoms with E-state index in [4.69, 9.17) is 0 Å². The highest BCUT2D eigenvalue weighted by molar-refractivity contribution is 5.73. The third-order valence-corrected chi connectivity index (χ3v) is 3.26. The van der Waals surface area contributed by atoms with Crippen LogP contribution < -0.4 is 0 Å². The Bertz CT molecular complexity index is 440. The van der Waals surface area contributed by atoms with E-state index < -0.39 is 0 Å². The number of nitrogens with zero attached hydrogens (tertiary/aromatic N) is 2. The van der Waals surface area contributed by atoms with Crippen LogP contribution in [0, 0.1) is 0 Å². The SMILES string of the molecule is CC(=O)N1CCN(Cc2ccc(O)c(O)c2)CC1. The third-order valence-electron chi connectivity index (χ3n) is 3.26. The zero-order chi connectivity index (χ0) is 13.1. The van der Waals surface area contributed by atoms with Crippen molar-refractivity contribution in [1.82, 2.24) is 9.80 Å². The molecule has 1 amide bonds. The van der Waals surface area contributed by atoms with Crippen molar-refractivity contribution in [1.29, 1.82) is 0 Å². The molecule has 0 bridgehead atoms. The molecule has 1 heterocycles. The molecule has 0 unspecified atom stereocenters. The van der Waals surface area contributed by atoms with Gasteiger partial charge in [0.05, 0.1) is 0 Å². The number of phenols is 2. The van der Waals surface area contributed by atoms with Crippen molar-refractivity contribution in [2.75, 3.05) is 26.2 Å². The summed E-state index contributed by atoms with van der Waals surface area (Å²) in [5.74, 6) is -0.0630. The van der Waals surface area contributed by atoms with Gasteiger partial charge in [-0.3, -0.25) is 9.69 Å². The molecule has 1 fully saturated rings. The fourth-order valence-electron chi connectivity index (χ4n) is 2.15. The van der Waals surface area contributed by atoms with Crippen molar-refractivity contribution < 1.29 is 15.0 Å². The Labute approximate surface area is 106 Å². The van der Waals surface area contributed by atoms with Crippen LogP contribution in [0.5, 0.6) is 11.5 Å². The first-order chi connectivity index (χ1) is 8.56. The van der Waals surface area contributed by atoms with E-state index in [1.165, 1.54) is 6.07 Å². The molecule has 18 heavy (non-hydrogen) atoms. The summed E-state index contributed by atoms with van der Waals surface area (Å²) in [6, 6.07) is 4.87. The van der Waals surface area contributed by atoms with E-state index in [1.807, 2.05) is 4.90 Å². The zero-order valence-corrected chi connectivity index (χ0v) is 10.5. The summed E-state index contributed by atoms with van der Waals surface area (Å²) in [5.41, 5.74) is 0.960. The van der Waals surface area contributed by atoms with Crippen LogP contribution in [0.3, 0.4) is 0 Å². The lowest BCUT2D eigenvalue weighted by molar-refractivity contribution is -0.130. The monoisotopic (exact) mass is 250 g/mol. The molecular formula is C13H18N2O3. The number of piperazine rings is 1. The lowest BCUT2D eigenvalue weighted by atomic mass is 10.1. The third kappa shape index (κ3) is 2.92. The van der Waals surface area contributed by atoms with Gasteiger partial charge < -0.3 is 15.1 Å². The van der Waals surface area contributed by atoms with Crippen LogP contribution in [0.2, 0.25) is 0 Å². The molecule has 0 aliphatic carbocycles. The molecule has 5 heteroatoms. The minimum absolute atomic E-state index is 0.0881. The summed E-state index contributed by atoms with van der Waals surface area (Å²) in [6.07, 6.45) is 0. The Balaban J connectivity index is 1.91. The second kappa shape index (κ2) is 5.27. The van der Waals surface area contributed by atoms with Gasteiger partial charge in [0.25, 0.3) is 0 Å². The van der Waals surface area contributed by atoms with E-state index in [9.17, 15) is 15.0 Å². The second-order valence-electron chi connectivity index (χ2n) is 4.61. The molecule has 1 aliphatic heterocycles. The maximum atomic E-state index is 11.2. The number of amides is 1. The Morgan fingerprint density at radius 1 is 1.17 bits per heavy atom. The van der Waals surface area contributed by atoms with Crippen LogP contribution in [-0.4, -0.2) is 52.1 Å². The van der Waals surface area contributed by atoms with Gasteiger partial charge in [-0.1, -0.05) is 6.07 Å². The molecular weight excluding hydrogens is 232 g/mol. The molecule has 0 radical (unpaired) electrons. The Hall–Kier alpha value is -1.75. The van der Waals surface area contributed by atoms with Crippen LogP contribution in [-0.2, 0) is 11.3 Å². The Kier molecular flexibility index (Phi) is 3.72. The fraction of sp³-hybridized carbons (Fsp3) is 0.462. The minimum Gasteiger partial charge on any atom is -0.504 e. The van der Waals surface area contributed by atoms with Crippen molar-refractivity contribution in [2.45, 2.75) is 13.5 Å². The Morgan fingerprint density at radius 3 is 2.39 bits per heavy atom. The number of carbonyl (C=O) groups is 1. The normalized spacial score (nSPS) is 16.8. The molecule has 0 saturated carbocycles. The van der Waals surface area contributed by atoms with E-state index in [0.29, 0.717) is 0 Å². The van der Waals surface area contributed by atoms with Crippen molar-refractivity contribution >= 4 is 5.91 Å². The molecule has 98 valence electrons. The van der Waals surface area contributed by atoms with Gasteiger partial charge in [-0.2, -0.15) is 0 Å². The lowest BCUT2D eigenvalue weighted by Gasteiger charge is -2.34. The van der Waals surface area contributed by atoms with Crippen molar-refractivity contribution in [2.24, 2.45) is 0 Å². The largest absolute Gasteiger partial charge is 0.504 e. The maximum Gasteiger partial charge on any atom is 0.219 e. The molecule has 0 atom stereocenters. The van der Waals surface area contributed by atoms with Gasteiger partial charge in [-0.25, -0.2) is 0 Å². The summed E-state index contributed by atoms with van der Waals surface area (Å²) < 4.78 is 0. The zero-order valence-electron chi connectivity index (χ0n) is 10.5. The first kappa shape index (κ1) is 12.7. The second-order valence-corrected chi connectivity index (χ2v) is 4.61. The topological polar surface area (TPSA) is 64.0 Å². The van der Waals surface area contributed by atoms with Crippen molar-refractivity contribution in [3.05, 3.63) is 23.8 Å². The summed E-state index contributed by atoms with van der Waals surface area (Å²) in [7, 11) is 0. The smallest absolute Gasteiger partial charge is 0.219 e. The molecule has 1 aromatic rings. The lowest BCUT2D eigenvalue weighted by Crippen LogP contribution is -2.47. The molecule has 2 N–H and O–H groups in total. The molecule has 0 spiro atoms. The first-order valence-corrected chi connectivity index (χ1v) is 6.05. The highest BCUT2D eigenvalue weighted by Crippen LogP contribution is 2.25. The Morgan fingerprint density at radius 2 is 1.83 bits per heavy atom. The number of aromatic hydroxyl groups is 2. The predicted molar refractivity (Wildman–Crippen MR) is 67.3 cm³/mol. The summed E-state index contributed by atoms with van der Waals surface area (Å²) in [6.45, 7) is 5.48. The van der Waals surface area contributed by atoms with Crippen LogP contribution in [0.4, 0.5) is 0 Å². The van der Waals surface area contributed by atoms with Crippen molar-refractivity contribution in [3.63, 3.8) is 0 Å². The number of carbonyl (C=O) groups excluding carboxylic acids is 1. The highest BCUT2D eigenvalue weighted by Gasteiger charge is 2.18. The van der Waals surface area contributed by atoms with E-state index >= 15 is 0 Å². The van der Waals surface area contributed by atoms with Crippen LogP contribution in [0.15, 0.2) is 18.2 Å². The van der Waals surface area contributed by atoms with Crippen LogP contribution in [0.1, 0.15) is 12.5 Å². The molecule has 1 aliphatic rings. The van der Waals surface area contributed by atoms with Crippen LogP contribution >= 0.6 is 0 Å². The quantitative estimate of drug-likeness (QED) is 0.761. The van der Waals surface area contributed by atoms with Crippen LogP contribution in [0.25, 0.3) is 0 Å². The maximum absolute atomic E-state index is 11.2.